The van der Waals surface area contributed by atoms with Crippen LogP contribution in [0, 0.1) is 5.82 Å². The summed E-state index contributed by atoms with van der Waals surface area (Å²) in [5.74, 6) is -0.623. The van der Waals surface area contributed by atoms with Crippen LogP contribution in [-0.4, -0.2) is 41.4 Å². The monoisotopic (exact) mass is 488 g/mol. The van der Waals surface area contributed by atoms with Crippen molar-refractivity contribution in [2.75, 3.05) is 17.8 Å². The third-order valence-electron chi connectivity index (χ3n) is 5.99. The molecule has 4 rings (SSSR count). The van der Waals surface area contributed by atoms with Crippen LogP contribution in [0.3, 0.4) is 0 Å². The van der Waals surface area contributed by atoms with E-state index in [0.717, 1.165) is 36.0 Å². The smallest absolute Gasteiger partial charge is 0.331 e. The number of carbonyl (C=O) groups excluding carboxylic acids is 1. The van der Waals surface area contributed by atoms with E-state index >= 15 is 0 Å². The van der Waals surface area contributed by atoms with Gasteiger partial charge in [0, 0.05) is 38.8 Å². The van der Waals surface area contributed by atoms with E-state index in [1.807, 2.05) is 0 Å². The molecule has 1 fully saturated rings. The predicted octanol–water partition coefficient (Wildman–Crippen LogP) is 2.04. The van der Waals surface area contributed by atoms with Gasteiger partial charge in [0.1, 0.15) is 5.82 Å². The molecular weight excluding hydrogens is 463 g/mol. The molecule has 1 aliphatic heterocycles. The number of amides is 1. The van der Waals surface area contributed by atoms with Gasteiger partial charge in [-0.25, -0.2) is 17.6 Å². The van der Waals surface area contributed by atoms with Gasteiger partial charge >= 0.3 is 5.69 Å². The summed E-state index contributed by atoms with van der Waals surface area (Å²) in [6.07, 6.45) is 2.96. The van der Waals surface area contributed by atoms with E-state index in [9.17, 15) is 27.2 Å². The average molecular weight is 489 g/mol. The highest BCUT2D eigenvalue weighted by atomic mass is 32.2. The summed E-state index contributed by atoms with van der Waals surface area (Å²) in [4.78, 5) is 40.0. The van der Waals surface area contributed by atoms with Crippen LogP contribution in [0.25, 0.3) is 10.9 Å². The lowest BCUT2D eigenvalue weighted by Gasteiger charge is -2.26. The van der Waals surface area contributed by atoms with Gasteiger partial charge in [0.25, 0.3) is 15.6 Å². The molecule has 1 aliphatic rings. The number of fused-ring (bicyclic) bond motifs is 1. The van der Waals surface area contributed by atoms with Gasteiger partial charge in [-0.2, -0.15) is 0 Å². The zero-order valence-electron chi connectivity index (χ0n) is 18.7. The van der Waals surface area contributed by atoms with Crippen LogP contribution < -0.4 is 16.0 Å². The number of aryl methyl sites for hydroxylation is 1. The normalized spacial score (nSPS) is 14.4. The molecule has 0 bridgehead atoms. The molecule has 3 aromatic rings. The van der Waals surface area contributed by atoms with E-state index in [4.69, 9.17) is 0 Å². The molecule has 0 atom stereocenters. The Morgan fingerprint density at radius 2 is 1.71 bits per heavy atom. The second kappa shape index (κ2) is 9.41. The van der Waals surface area contributed by atoms with Crippen molar-refractivity contribution in [2.24, 2.45) is 7.05 Å². The fraction of sp³-hybridized carbons (Fsp3) is 0.348. The lowest BCUT2D eigenvalue weighted by atomic mass is 10.1. The van der Waals surface area contributed by atoms with Crippen molar-refractivity contribution in [3.8, 4) is 0 Å². The first-order valence-electron chi connectivity index (χ1n) is 11.0. The molecule has 2 aromatic carbocycles. The molecule has 2 heterocycles. The molecule has 34 heavy (non-hydrogen) atoms. The minimum atomic E-state index is -4.08. The Morgan fingerprint density at radius 1 is 1.03 bits per heavy atom. The highest BCUT2D eigenvalue weighted by Gasteiger charge is 2.20. The van der Waals surface area contributed by atoms with Gasteiger partial charge in [0.15, 0.2) is 0 Å². The Kier molecular flexibility index (Phi) is 6.56. The second-order valence-electron chi connectivity index (χ2n) is 8.28. The molecule has 1 saturated heterocycles. The van der Waals surface area contributed by atoms with E-state index in [2.05, 4.69) is 4.72 Å². The number of benzene rings is 2. The van der Waals surface area contributed by atoms with E-state index in [0.29, 0.717) is 13.1 Å². The largest absolute Gasteiger partial charge is 0.343 e. The van der Waals surface area contributed by atoms with Crippen LogP contribution in [0.15, 0.2) is 56.9 Å². The number of piperidine rings is 1. The maximum Gasteiger partial charge on any atom is 0.331 e. The lowest BCUT2D eigenvalue weighted by molar-refractivity contribution is -0.132. The summed E-state index contributed by atoms with van der Waals surface area (Å²) in [7, 11) is -2.60. The van der Waals surface area contributed by atoms with Crippen LogP contribution in [0.4, 0.5) is 10.1 Å². The van der Waals surface area contributed by atoms with Gasteiger partial charge in [-0.3, -0.25) is 23.4 Å². The van der Waals surface area contributed by atoms with Crippen molar-refractivity contribution in [3.05, 3.63) is 69.1 Å². The SMILES string of the molecule is Cn1c(=O)n(CCC(=O)N2CCCCC2)c(=O)c2cc(S(=O)(=O)Nc3ccc(F)cc3)ccc21. The summed E-state index contributed by atoms with van der Waals surface area (Å²) < 4.78 is 43.4. The first-order valence-corrected chi connectivity index (χ1v) is 12.5. The number of rotatable bonds is 6. The van der Waals surface area contributed by atoms with E-state index < -0.39 is 27.1 Å². The topological polar surface area (TPSA) is 110 Å². The van der Waals surface area contributed by atoms with Crippen molar-refractivity contribution < 1.29 is 17.6 Å². The molecule has 0 aliphatic carbocycles. The van der Waals surface area contributed by atoms with Crippen LogP contribution in [0.1, 0.15) is 25.7 Å². The third kappa shape index (κ3) is 4.74. The number of hydrogen-bond acceptors (Lipinski definition) is 5. The number of carbonyl (C=O) groups is 1. The van der Waals surface area contributed by atoms with E-state index in [-0.39, 0.29) is 40.4 Å². The molecule has 1 amide bonds. The molecule has 1 aromatic heterocycles. The van der Waals surface area contributed by atoms with Gasteiger partial charge in [-0.15, -0.1) is 0 Å². The third-order valence-corrected chi connectivity index (χ3v) is 7.37. The van der Waals surface area contributed by atoms with Gasteiger partial charge in [-0.1, -0.05) is 0 Å². The van der Waals surface area contributed by atoms with Gasteiger partial charge in [-0.05, 0) is 61.7 Å². The van der Waals surface area contributed by atoms with Gasteiger partial charge < -0.3 is 4.90 Å². The first-order chi connectivity index (χ1) is 16.2. The molecule has 180 valence electrons. The summed E-state index contributed by atoms with van der Waals surface area (Å²) in [5.41, 5.74) is -0.808. The minimum Gasteiger partial charge on any atom is -0.343 e. The molecule has 0 spiro atoms. The summed E-state index contributed by atoms with van der Waals surface area (Å²) in [6.45, 7) is 1.25. The number of likely N-dealkylation sites (tertiary alicyclic amines) is 1. The van der Waals surface area contributed by atoms with Crippen LogP contribution in [-0.2, 0) is 28.4 Å². The Labute approximate surface area is 195 Å². The Balaban J connectivity index is 1.66. The average Bonchev–Trinajstić information content (AvgIpc) is 2.84. The molecule has 11 heteroatoms. The van der Waals surface area contributed by atoms with Crippen molar-refractivity contribution in [2.45, 2.75) is 37.1 Å². The maximum absolute atomic E-state index is 13.1. The zero-order valence-corrected chi connectivity index (χ0v) is 19.5. The minimum absolute atomic E-state index is 0.00473. The maximum atomic E-state index is 13.1. The number of aromatic nitrogens is 2. The van der Waals surface area contributed by atoms with Gasteiger partial charge in [0.2, 0.25) is 5.91 Å². The second-order valence-corrected chi connectivity index (χ2v) is 9.96. The molecule has 0 radical (unpaired) electrons. The fourth-order valence-corrected chi connectivity index (χ4v) is 5.18. The summed E-state index contributed by atoms with van der Waals surface area (Å²) in [6, 6.07) is 8.69. The molecule has 9 nitrogen and oxygen atoms in total. The number of nitrogens with one attached hydrogen (secondary N) is 1. The summed E-state index contributed by atoms with van der Waals surface area (Å²) >= 11 is 0. The fourth-order valence-electron chi connectivity index (χ4n) is 4.10. The van der Waals surface area contributed by atoms with Crippen molar-refractivity contribution in [3.63, 3.8) is 0 Å². The number of halogens is 1. The number of nitrogens with zero attached hydrogens (tertiary/aromatic N) is 3. The van der Waals surface area contributed by atoms with Crippen LogP contribution >= 0.6 is 0 Å². The zero-order chi connectivity index (χ0) is 24.5. The Hall–Kier alpha value is -3.47. The highest BCUT2D eigenvalue weighted by Crippen LogP contribution is 2.19. The molecule has 0 unspecified atom stereocenters. The van der Waals surface area contributed by atoms with E-state index in [1.54, 1.807) is 4.90 Å². The summed E-state index contributed by atoms with van der Waals surface area (Å²) in [5, 5.41) is 0.0366. The lowest BCUT2D eigenvalue weighted by Crippen LogP contribution is -2.41. The quantitative estimate of drug-likeness (QED) is 0.571. The van der Waals surface area contributed by atoms with Crippen molar-refractivity contribution in [1.82, 2.24) is 14.0 Å². The van der Waals surface area contributed by atoms with Crippen LogP contribution in [0.5, 0.6) is 0 Å². The van der Waals surface area contributed by atoms with Gasteiger partial charge in [0.05, 0.1) is 15.8 Å². The predicted molar refractivity (Wildman–Crippen MR) is 126 cm³/mol. The molecule has 0 saturated carbocycles. The number of sulfonamides is 1. The Morgan fingerprint density at radius 3 is 2.38 bits per heavy atom. The van der Waals surface area contributed by atoms with Crippen molar-refractivity contribution in [1.29, 1.82) is 0 Å². The molecule has 1 N–H and O–H groups in total. The number of anilines is 1. The number of hydrogen-bond donors (Lipinski definition) is 1. The van der Waals surface area contributed by atoms with Crippen molar-refractivity contribution >= 4 is 32.5 Å². The molecular formula is C23H25FN4O5S. The standard InChI is InChI=1S/C23H25FN4O5S/c1-26-20-10-9-18(34(32,33)25-17-7-5-16(24)6-8-17)15-19(20)22(30)28(23(26)31)14-11-21(29)27-12-3-2-4-13-27/h5-10,15,25H,2-4,11-14H2,1H3. The first kappa shape index (κ1) is 23.7. The van der Waals surface area contributed by atoms with Crippen LogP contribution in [0.2, 0.25) is 0 Å². The highest BCUT2D eigenvalue weighted by molar-refractivity contribution is 7.92. The Bertz CT molecular complexity index is 1460. The van der Waals surface area contributed by atoms with E-state index in [1.165, 1.54) is 41.9 Å².